The van der Waals surface area contributed by atoms with E-state index in [4.69, 9.17) is 4.98 Å². The first kappa shape index (κ1) is 23.0. The Morgan fingerprint density at radius 3 is 2.45 bits per heavy atom. The summed E-state index contributed by atoms with van der Waals surface area (Å²) in [5, 5.41) is 20.1. The van der Waals surface area contributed by atoms with Gasteiger partial charge in [-0.15, -0.1) is 0 Å². The van der Waals surface area contributed by atoms with E-state index in [1.807, 2.05) is 42.5 Å². The molecule has 3 aromatic rings. The van der Waals surface area contributed by atoms with Crippen LogP contribution in [0.4, 0.5) is 0 Å². The molecule has 1 heterocycles. The van der Waals surface area contributed by atoms with Crippen LogP contribution < -0.4 is 0 Å². The smallest absolute Gasteiger partial charge is 0.218 e. The molecule has 0 saturated heterocycles. The average Bonchev–Trinajstić information content (AvgIpc) is 2.79. The van der Waals surface area contributed by atoms with Gasteiger partial charge in [0.15, 0.2) is 0 Å². The monoisotopic (exact) mass is 477 g/mol. The largest absolute Gasteiger partial charge is 0.493 e. The second kappa shape index (κ2) is 11.1. The summed E-state index contributed by atoms with van der Waals surface area (Å²) < 4.78 is 0.939. The van der Waals surface area contributed by atoms with Gasteiger partial charge in [-0.2, -0.15) is 10.2 Å². The Hall–Kier alpha value is -2.71. The van der Waals surface area contributed by atoms with Crippen LogP contribution in [0.5, 0.6) is 5.88 Å². The molecule has 0 amide bonds. The zero-order valence-electron chi connectivity index (χ0n) is 18.2. The number of benzene rings is 2. The number of halogens is 1. The fourth-order valence-electron chi connectivity index (χ4n) is 3.63. The normalized spacial score (nSPS) is 10.8. The van der Waals surface area contributed by atoms with Gasteiger partial charge in [-0.3, -0.25) is 0 Å². The molecule has 0 radical (unpaired) electrons. The zero-order chi connectivity index (χ0) is 22.2. The van der Waals surface area contributed by atoms with Crippen LogP contribution in [0.15, 0.2) is 46.9 Å². The quantitative estimate of drug-likeness (QED) is 0.369. The number of nitriles is 1. The molecular weight excluding hydrogens is 450 g/mol. The van der Waals surface area contributed by atoms with Crippen LogP contribution in [0.3, 0.4) is 0 Å². The summed E-state index contributed by atoms with van der Waals surface area (Å²) >= 11 is 3.69. The summed E-state index contributed by atoms with van der Waals surface area (Å²) in [5.41, 5.74) is 5.35. The third-order valence-electron chi connectivity index (χ3n) is 5.42. The molecular formula is C26H28BrN3O. The van der Waals surface area contributed by atoms with E-state index >= 15 is 0 Å². The maximum atomic E-state index is 10.7. The summed E-state index contributed by atoms with van der Waals surface area (Å²) in [6.45, 7) is 4.30. The van der Waals surface area contributed by atoms with Crippen LogP contribution in [-0.2, 0) is 19.3 Å². The molecule has 0 aliphatic carbocycles. The van der Waals surface area contributed by atoms with E-state index in [1.165, 1.54) is 0 Å². The van der Waals surface area contributed by atoms with Crippen LogP contribution >= 0.6 is 15.9 Å². The molecule has 3 rings (SSSR count). The standard InChI is InChI=1S/C26H28BrN3O/c1-3-5-11-24-22(26(31)30-25(29-24)12-6-4-2)15-19-14-13-18(16-23(19)27)21-10-8-7-9-20(21)17-28/h7-10,13-14,16H,3-6,11-12,15H2,1-2H3,(H,29,30,31). The number of nitrogens with zero attached hydrogens (tertiary/aromatic N) is 3. The summed E-state index contributed by atoms with van der Waals surface area (Å²) in [5.74, 6) is 0.828. The molecule has 0 atom stereocenters. The van der Waals surface area contributed by atoms with Crippen LogP contribution in [0.2, 0.25) is 0 Å². The lowest BCUT2D eigenvalue weighted by Crippen LogP contribution is -2.07. The van der Waals surface area contributed by atoms with Gasteiger partial charge in [0.25, 0.3) is 0 Å². The molecule has 5 heteroatoms. The van der Waals surface area contributed by atoms with E-state index < -0.39 is 0 Å². The molecule has 0 spiro atoms. The van der Waals surface area contributed by atoms with Gasteiger partial charge in [-0.1, -0.05) is 73.0 Å². The maximum Gasteiger partial charge on any atom is 0.218 e. The predicted molar refractivity (Wildman–Crippen MR) is 128 cm³/mol. The number of hydrogen-bond donors (Lipinski definition) is 1. The summed E-state index contributed by atoms with van der Waals surface area (Å²) in [6, 6.07) is 15.9. The minimum Gasteiger partial charge on any atom is -0.493 e. The van der Waals surface area contributed by atoms with Crippen molar-refractivity contribution in [3.05, 3.63) is 75.1 Å². The third-order valence-corrected chi connectivity index (χ3v) is 6.16. The Morgan fingerprint density at radius 2 is 1.74 bits per heavy atom. The predicted octanol–water partition coefficient (Wildman–Crippen LogP) is 6.76. The van der Waals surface area contributed by atoms with Crippen molar-refractivity contribution in [2.45, 2.75) is 58.8 Å². The zero-order valence-corrected chi connectivity index (χ0v) is 19.7. The molecule has 0 saturated carbocycles. The van der Waals surface area contributed by atoms with Gasteiger partial charge in [0, 0.05) is 22.9 Å². The molecule has 31 heavy (non-hydrogen) atoms. The highest BCUT2D eigenvalue weighted by Crippen LogP contribution is 2.31. The Morgan fingerprint density at radius 1 is 1.00 bits per heavy atom. The lowest BCUT2D eigenvalue weighted by atomic mass is 9.96. The van der Waals surface area contributed by atoms with Crippen LogP contribution in [0, 0.1) is 11.3 Å². The van der Waals surface area contributed by atoms with E-state index in [2.05, 4.69) is 40.8 Å². The number of aryl methyl sites for hydroxylation is 2. The van der Waals surface area contributed by atoms with Crippen molar-refractivity contribution in [3.8, 4) is 23.1 Å². The fourth-order valence-corrected chi connectivity index (χ4v) is 4.15. The Labute approximate surface area is 193 Å². The Kier molecular flexibility index (Phi) is 8.20. The lowest BCUT2D eigenvalue weighted by Gasteiger charge is -2.14. The fraction of sp³-hybridized carbons (Fsp3) is 0.346. The van der Waals surface area contributed by atoms with E-state index in [1.54, 1.807) is 0 Å². The molecule has 0 aliphatic heterocycles. The topological polar surface area (TPSA) is 69.8 Å². The number of aromatic hydroxyl groups is 1. The lowest BCUT2D eigenvalue weighted by molar-refractivity contribution is 0.439. The van der Waals surface area contributed by atoms with Gasteiger partial charge in [0.1, 0.15) is 5.82 Å². The molecule has 2 aromatic carbocycles. The maximum absolute atomic E-state index is 10.7. The Balaban J connectivity index is 1.93. The molecule has 1 N–H and O–H groups in total. The van der Waals surface area contributed by atoms with Crippen LogP contribution in [0.1, 0.15) is 67.7 Å². The Bertz CT molecular complexity index is 1090. The van der Waals surface area contributed by atoms with E-state index in [0.29, 0.717) is 12.0 Å². The first-order valence-corrected chi connectivity index (χ1v) is 11.7. The minimum atomic E-state index is 0.0954. The molecule has 160 valence electrons. The highest BCUT2D eigenvalue weighted by Gasteiger charge is 2.16. The molecule has 0 aliphatic rings. The van der Waals surface area contributed by atoms with Crippen molar-refractivity contribution in [2.24, 2.45) is 0 Å². The number of unbranched alkanes of at least 4 members (excludes halogenated alkanes) is 2. The van der Waals surface area contributed by atoms with Crippen molar-refractivity contribution in [3.63, 3.8) is 0 Å². The van der Waals surface area contributed by atoms with Gasteiger partial charge < -0.3 is 5.11 Å². The van der Waals surface area contributed by atoms with E-state index in [0.717, 1.165) is 76.8 Å². The van der Waals surface area contributed by atoms with Crippen molar-refractivity contribution in [1.29, 1.82) is 5.26 Å². The highest BCUT2D eigenvalue weighted by atomic mass is 79.9. The summed E-state index contributed by atoms with van der Waals surface area (Å²) in [4.78, 5) is 9.19. The highest BCUT2D eigenvalue weighted by molar-refractivity contribution is 9.10. The van der Waals surface area contributed by atoms with Gasteiger partial charge in [0.2, 0.25) is 5.88 Å². The third kappa shape index (κ3) is 5.71. The number of aromatic nitrogens is 2. The average molecular weight is 478 g/mol. The van der Waals surface area contributed by atoms with Gasteiger partial charge in [-0.25, -0.2) is 4.98 Å². The van der Waals surface area contributed by atoms with Crippen LogP contribution in [-0.4, -0.2) is 15.1 Å². The second-order valence-corrected chi connectivity index (χ2v) is 8.59. The minimum absolute atomic E-state index is 0.0954. The van der Waals surface area contributed by atoms with Gasteiger partial charge in [0.05, 0.1) is 17.3 Å². The summed E-state index contributed by atoms with van der Waals surface area (Å²) in [6.07, 6.45) is 6.38. The van der Waals surface area contributed by atoms with Crippen molar-refractivity contribution < 1.29 is 5.11 Å². The molecule has 0 unspecified atom stereocenters. The van der Waals surface area contributed by atoms with Gasteiger partial charge >= 0.3 is 0 Å². The van der Waals surface area contributed by atoms with Crippen molar-refractivity contribution in [1.82, 2.24) is 9.97 Å². The van der Waals surface area contributed by atoms with Crippen molar-refractivity contribution in [2.75, 3.05) is 0 Å². The van der Waals surface area contributed by atoms with Gasteiger partial charge in [-0.05, 0) is 48.1 Å². The molecule has 4 nitrogen and oxygen atoms in total. The molecule has 0 fully saturated rings. The first-order valence-electron chi connectivity index (χ1n) is 10.9. The molecule has 0 bridgehead atoms. The van der Waals surface area contributed by atoms with Crippen LogP contribution in [0.25, 0.3) is 11.1 Å². The number of rotatable bonds is 9. The summed E-state index contributed by atoms with van der Waals surface area (Å²) in [7, 11) is 0. The van der Waals surface area contributed by atoms with E-state index in [9.17, 15) is 10.4 Å². The molecule has 1 aromatic heterocycles. The first-order chi connectivity index (χ1) is 15.1. The van der Waals surface area contributed by atoms with E-state index in [-0.39, 0.29) is 5.88 Å². The second-order valence-electron chi connectivity index (χ2n) is 7.74. The van der Waals surface area contributed by atoms with Crippen molar-refractivity contribution >= 4 is 15.9 Å². The number of hydrogen-bond acceptors (Lipinski definition) is 4. The SMILES string of the molecule is CCCCc1nc(O)c(Cc2ccc(-c3ccccc3C#N)cc2Br)c(CCCC)n1.